The molecule has 1 heterocycles. The van der Waals surface area contributed by atoms with E-state index in [0.29, 0.717) is 25.8 Å². The number of aromatic nitrogens is 1. The van der Waals surface area contributed by atoms with Crippen LogP contribution >= 0.6 is 11.3 Å². The van der Waals surface area contributed by atoms with Crippen LogP contribution in [0.2, 0.25) is 0 Å². The first-order valence-corrected chi connectivity index (χ1v) is 10.8. The molecule has 0 radical (unpaired) electrons. The number of primary sulfonamides is 1. The highest BCUT2D eigenvalue weighted by atomic mass is 32.2. The zero-order chi connectivity index (χ0) is 19.4. The summed E-state index contributed by atoms with van der Waals surface area (Å²) in [6, 6.07) is 6.36. The number of nitrogens with two attached hydrogens (primary N) is 1. The van der Waals surface area contributed by atoms with Crippen LogP contribution in [0.1, 0.15) is 43.5 Å². The maximum absolute atomic E-state index is 12.0. The van der Waals surface area contributed by atoms with E-state index in [1.807, 2.05) is 0 Å². The molecular weight excluding hydrogens is 370 g/mol. The minimum atomic E-state index is -3.67. The molecule has 0 atom stereocenters. The van der Waals surface area contributed by atoms with Gasteiger partial charge in [0.15, 0.2) is 0 Å². The Labute approximate surface area is 158 Å². The lowest BCUT2D eigenvalue weighted by molar-refractivity contribution is -0.121. The Balaban J connectivity index is 1.74. The molecule has 0 spiro atoms. The van der Waals surface area contributed by atoms with Gasteiger partial charge in [0.05, 0.1) is 15.6 Å². The lowest BCUT2D eigenvalue weighted by atomic mass is 9.93. The van der Waals surface area contributed by atoms with Gasteiger partial charge in [-0.2, -0.15) is 0 Å². The first-order chi connectivity index (χ1) is 12.1. The molecule has 142 valence electrons. The molecule has 0 aliphatic heterocycles. The van der Waals surface area contributed by atoms with Gasteiger partial charge < -0.3 is 5.32 Å². The number of rotatable bonds is 7. The predicted molar refractivity (Wildman–Crippen MR) is 104 cm³/mol. The average molecular weight is 396 g/mol. The van der Waals surface area contributed by atoms with E-state index < -0.39 is 10.0 Å². The summed E-state index contributed by atoms with van der Waals surface area (Å²) in [5.74, 6) is -0.0151. The van der Waals surface area contributed by atoms with Crippen molar-refractivity contribution < 1.29 is 13.2 Å². The van der Waals surface area contributed by atoms with Crippen LogP contribution in [-0.4, -0.2) is 25.9 Å². The second kappa shape index (κ2) is 8.28. The Morgan fingerprint density at radius 1 is 1.19 bits per heavy atom. The summed E-state index contributed by atoms with van der Waals surface area (Å²) in [6.45, 7) is 6.86. The van der Waals surface area contributed by atoms with E-state index in [0.717, 1.165) is 16.3 Å². The van der Waals surface area contributed by atoms with E-state index >= 15 is 0 Å². The van der Waals surface area contributed by atoms with Gasteiger partial charge in [-0.3, -0.25) is 4.79 Å². The highest BCUT2D eigenvalue weighted by Crippen LogP contribution is 2.24. The Hall–Kier alpha value is -1.77. The van der Waals surface area contributed by atoms with Crippen LogP contribution in [0.5, 0.6) is 0 Å². The number of carbonyl (C=O) groups is 1. The molecule has 0 saturated heterocycles. The van der Waals surface area contributed by atoms with E-state index in [2.05, 4.69) is 36.5 Å². The van der Waals surface area contributed by atoms with Crippen molar-refractivity contribution in [3.8, 4) is 0 Å². The molecular formula is C18H25N3O3S2. The SMILES string of the molecule is CC(C)(C)c1csc(CCC(=O)NCCc2ccc(S(N)(=O)=O)cc2)n1. The van der Waals surface area contributed by atoms with E-state index in [1.165, 1.54) is 12.1 Å². The van der Waals surface area contributed by atoms with Crippen LogP contribution in [-0.2, 0) is 33.1 Å². The van der Waals surface area contributed by atoms with Crippen LogP contribution < -0.4 is 10.5 Å². The number of benzene rings is 1. The van der Waals surface area contributed by atoms with Gasteiger partial charge in [-0.05, 0) is 24.1 Å². The zero-order valence-corrected chi connectivity index (χ0v) is 16.9. The van der Waals surface area contributed by atoms with Crippen molar-refractivity contribution in [2.24, 2.45) is 5.14 Å². The second-order valence-corrected chi connectivity index (χ2v) is 9.67. The van der Waals surface area contributed by atoms with Crippen molar-refractivity contribution in [1.82, 2.24) is 10.3 Å². The number of carbonyl (C=O) groups excluding carboxylic acids is 1. The van der Waals surface area contributed by atoms with Crippen molar-refractivity contribution in [2.75, 3.05) is 6.54 Å². The van der Waals surface area contributed by atoms with Crippen LogP contribution in [0.3, 0.4) is 0 Å². The summed E-state index contributed by atoms with van der Waals surface area (Å²) in [5.41, 5.74) is 2.02. The van der Waals surface area contributed by atoms with Gasteiger partial charge in [0, 0.05) is 30.2 Å². The molecule has 2 rings (SSSR count). The summed E-state index contributed by atoms with van der Waals surface area (Å²) >= 11 is 1.59. The zero-order valence-electron chi connectivity index (χ0n) is 15.3. The van der Waals surface area contributed by atoms with Crippen molar-refractivity contribution >= 4 is 27.3 Å². The number of amides is 1. The van der Waals surface area contributed by atoms with Crippen molar-refractivity contribution in [1.29, 1.82) is 0 Å². The van der Waals surface area contributed by atoms with Crippen molar-refractivity contribution in [2.45, 2.75) is 50.3 Å². The summed E-state index contributed by atoms with van der Waals surface area (Å²) in [5, 5.41) is 11.0. The lowest BCUT2D eigenvalue weighted by Crippen LogP contribution is -2.25. The van der Waals surface area contributed by atoms with Gasteiger partial charge >= 0.3 is 0 Å². The van der Waals surface area contributed by atoms with E-state index in [1.54, 1.807) is 23.5 Å². The Bertz CT molecular complexity index is 851. The predicted octanol–water partition coefficient (Wildman–Crippen LogP) is 2.38. The van der Waals surface area contributed by atoms with Gasteiger partial charge in [-0.15, -0.1) is 11.3 Å². The van der Waals surface area contributed by atoms with Crippen molar-refractivity contribution in [3.63, 3.8) is 0 Å². The molecule has 8 heteroatoms. The van der Waals surface area contributed by atoms with Gasteiger partial charge in [0.2, 0.25) is 15.9 Å². The molecule has 0 bridgehead atoms. The molecule has 1 amide bonds. The minimum absolute atomic E-state index is 0.0151. The van der Waals surface area contributed by atoms with Crippen LogP contribution in [0, 0.1) is 0 Å². The first kappa shape index (κ1) is 20.5. The fourth-order valence-corrected chi connectivity index (χ4v) is 3.81. The number of nitrogens with zero attached hydrogens (tertiary/aromatic N) is 1. The number of hydrogen-bond donors (Lipinski definition) is 2. The van der Waals surface area contributed by atoms with Gasteiger partial charge in [-0.1, -0.05) is 32.9 Å². The normalized spacial score (nSPS) is 12.2. The molecule has 1 aromatic carbocycles. The molecule has 0 fully saturated rings. The van der Waals surface area contributed by atoms with Crippen LogP contribution in [0.4, 0.5) is 0 Å². The van der Waals surface area contributed by atoms with Crippen LogP contribution in [0.15, 0.2) is 34.5 Å². The molecule has 2 aromatic rings. The number of aryl methyl sites for hydroxylation is 1. The Morgan fingerprint density at radius 3 is 2.38 bits per heavy atom. The number of hydrogen-bond acceptors (Lipinski definition) is 5. The maximum atomic E-state index is 12.0. The molecule has 6 nitrogen and oxygen atoms in total. The van der Waals surface area contributed by atoms with Gasteiger partial charge in [0.1, 0.15) is 0 Å². The number of thiazole rings is 1. The second-order valence-electron chi connectivity index (χ2n) is 7.17. The monoisotopic (exact) mass is 395 g/mol. The topological polar surface area (TPSA) is 102 Å². The summed E-state index contributed by atoms with van der Waals surface area (Å²) in [4.78, 5) is 16.6. The third kappa shape index (κ3) is 6.19. The molecule has 26 heavy (non-hydrogen) atoms. The quantitative estimate of drug-likeness (QED) is 0.751. The van der Waals surface area contributed by atoms with Gasteiger partial charge in [0.25, 0.3) is 0 Å². The summed E-state index contributed by atoms with van der Waals surface area (Å²) < 4.78 is 22.4. The first-order valence-electron chi connectivity index (χ1n) is 8.39. The number of nitrogens with one attached hydrogen (secondary N) is 1. The molecule has 0 unspecified atom stereocenters. The summed E-state index contributed by atoms with van der Waals surface area (Å²) in [6.07, 6.45) is 1.67. The third-order valence-electron chi connectivity index (χ3n) is 3.87. The molecule has 3 N–H and O–H groups in total. The number of sulfonamides is 1. The largest absolute Gasteiger partial charge is 0.356 e. The van der Waals surface area contributed by atoms with E-state index in [4.69, 9.17) is 5.14 Å². The van der Waals surface area contributed by atoms with Gasteiger partial charge in [-0.25, -0.2) is 18.5 Å². The van der Waals surface area contributed by atoms with Crippen molar-refractivity contribution in [3.05, 3.63) is 45.9 Å². The Morgan fingerprint density at radius 2 is 1.85 bits per heavy atom. The lowest BCUT2D eigenvalue weighted by Gasteiger charge is -2.14. The fourth-order valence-electron chi connectivity index (χ4n) is 2.27. The third-order valence-corrected chi connectivity index (χ3v) is 5.71. The smallest absolute Gasteiger partial charge is 0.238 e. The maximum Gasteiger partial charge on any atom is 0.238 e. The van der Waals surface area contributed by atoms with E-state index in [9.17, 15) is 13.2 Å². The molecule has 0 aliphatic rings. The molecule has 1 aromatic heterocycles. The summed E-state index contributed by atoms with van der Waals surface area (Å²) in [7, 11) is -3.67. The Kier molecular flexibility index (Phi) is 6.54. The highest BCUT2D eigenvalue weighted by molar-refractivity contribution is 7.89. The van der Waals surface area contributed by atoms with E-state index in [-0.39, 0.29) is 16.2 Å². The molecule has 0 aliphatic carbocycles. The fraction of sp³-hybridized carbons (Fsp3) is 0.444. The van der Waals surface area contributed by atoms with Crippen LogP contribution in [0.25, 0.3) is 0 Å². The minimum Gasteiger partial charge on any atom is -0.356 e. The standard InChI is InChI=1S/C18H25N3O3S2/c1-18(2,3)15-12-25-17(21-15)9-8-16(22)20-11-10-13-4-6-14(7-5-13)26(19,23)24/h4-7,12H,8-11H2,1-3H3,(H,20,22)(H2,19,23,24). The molecule has 0 saturated carbocycles. The average Bonchev–Trinajstić information content (AvgIpc) is 3.02. The highest BCUT2D eigenvalue weighted by Gasteiger charge is 2.17.